The first-order valence-electron chi connectivity index (χ1n) is 7.30. The lowest BCUT2D eigenvalue weighted by Crippen LogP contribution is -2.15. The van der Waals surface area contributed by atoms with E-state index in [1.807, 2.05) is 11.8 Å². The van der Waals surface area contributed by atoms with Gasteiger partial charge in [0, 0.05) is 24.1 Å². The van der Waals surface area contributed by atoms with Crippen LogP contribution in [0, 0.1) is 0 Å². The van der Waals surface area contributed by atoms with Crippen molar-refractivity contribution in [1.82, 2.24) is 5.32 Å². The molecule has 0 fully saturated rings. The zero-order chi connectivity index (χ0) is 14.4. The maximum atomic E-state index is 5.82. The Labute approximate surface area is 126 Å². The van der Waals surface area contributed by atoms with Gasteiger partial charge in [0.2, 0.25) is 0 Å². The van der Waals surface area contributed by atoms with E-state index in [1.165, 1.54) is 29.7 Å². The third-order valence-electron chi connectivity index (χ3n) is 3.57. The molecule has 1 aliphatic rings. The molecule has 0 radical (unpaired) electrons. The number of benzene rings is 1. The number of rotatable bonds is 8. The van der Waals surface area contributed by atoms with Gasteiger partial charge in [0.15, 0.2) is 0 Å². The summed E-state index contributed by atoms with van der Waals surface area (Å²) in [5.74, 6) is 3.24. The Kier molecular flexibility index (Phi) is 6.05. The minimum atomic E-state index is 0.282. The van der Waals surface area contributed by atoms with Crippen molar-refractivity contribution in [3.05, 3.63) is 23.3 Å². The Morgan fingerprint density at radius 2 is 2.25 bits per heavy atom. The first kappa shape index (κ1) is 15.5. The van der Waals surface area contributed by atoms with E-state index in [-0.39, 0.29) is 6.10 Å². The lowest BCUT2D eigenvalue weighted by molar-refractivity contribution is 0.254. The number of thioether (sulfide) groups is 1. The highest BCUT2D eigenvalue weighted by molar-refractivity contribution is 7.98. The van der Waals surface area contributed by atoms with E-state index in [2.05, 4.69) is 30.6 Å². The molecule has 3 nitrogen and oxygen atoms in total. The normalized spacial score (nSPS) is 16.9. The maximum absolute atomic E-state index is 5.82. The van der Waals surface area contributed by atoms with Crippen molar-refractivity contribution < 1.29 is 9.47 Å². The lowest BCUT2D eigenvalue weighted by atomic mass is 10.1. The molecule has 1 aromatic carbocycles. The summed E-state index contributed by atoms with van der Waals surface area (Å²) in [6.07, 6.45) is 5.92. The van der Waals surface area contributed by atoms with Crippen molar-refractivity contribution in [2.24, 2.45) is 0 Å². The summed E-state index contributed by atoms with van der Waals surface area (Å²) < 4.78 is 11.3. The third kappa shape index (κ3) is 4.06. The Balaban J connectivity index is 1.89. The number of methoxy groups -OCH3 is 1. The SMILES string of the molecule is COc1cc2c(cc1CNCCCCSC)OC(C)C2. The third-order valence-corrected chi connectivity index (χ3v) is 4.26. The highest BCUT2D eigenvalue weighted by Gasteiger charge is 2.21. The summed E-state index contributed by atoms with van der Waals surface area (Å²) in [7, 11) is 1.74. The Morgan fingerprint density at radius 1 is 1.40 bits per heavy atom. The van der Waals surface area contributed by atoms with Crippen LogP contribution in [0.5, 0.6) is 11.5 Å². The Bertz CT molecular complexity index is 437. The van der Waals surface area contributed by atoms with Crippen molar-refractivity contribution in [2.45, 2.75) is 38.8 Å². The summed E-state index contributed by atoms with van der Waals surface area (Å²) in [5, 5.41) is 3.49. The molecule has 1 aromatic rings. The quantitative estimate of drug-likeness (QED) is 0.746. The first-order chi connectivity index (χ1) is 9.74. The molecule has 112 valence electrons. The van der Waals surface area contributed by atoms with Gasteiger partial charge in [0.1, 0.15) is 17.6 Å². The van der Waals surface area contributed by atoms with E-state index in [4.69, 9.17) is 9.47 Å². The molecule has 0 aromatic heterocycles. The summed E-state index contributed by atoms with van der Waals surface area (Å²) in [4.78, 5) is 0. The summed E-state index contributed by atoms with van der Waals surface area (Å²) in [6, 6.07) is 4.26. The average molecular weight is 295 g/mol. The Morgan fingerprint density at radius 3 is 3.00 bits per heavy atom. The van der Waals surface area contributed by atoms with Crippen molar-refractivity contribution in [3.63, 3.8) is 0 Å². The van der Waals surface area contributed by atoms with Crippen molar-refractivity contribution >= 4 is 11.8 Å². The summed E-state index contributed by atoms with van der Waals surface area (Å²) in [6.45, 7) is 4.00. The fourth-order valence-electron chi connectivity index (χ4n) is 2.53. The van der Waals surface area contributed by atoms with Gasteiger partial charge in [-0.3, -0.25) is 0 Å². The molecule has 1 unspecified atom stereocenters. The van der Waals surface area contributed by atoms with Gasteiger partial charge < -0.3 is 14.8 Å². The van der Waals surface area contributed by atoms with Gasteiger partial charge in [-0.15, -0.1) is 0 Å². The molecular weight excluding hydrogens is 270 g/mol. The van der Waals surface area contributed by atoms with E-state index in [0.717, 1.165) is 31.0 Å². The van der Waals surface area contributed by atoms with Crippen LogP contribution in [0.1, 0.15) is 30.9 Å². The lowest BCUT2D eigenvalue weighted by Gasteiger charge is -2.12. The molecule has 1 aliphatic heterocycles. The predicted molar refractivity (Wildman–Crippen MR) is 86.1 cm³/mol. The molecule has 2 rings (SSSR count). The molecule has 0 saturated carbocycles. The minimum absolute atomic E-state index is 0.282. The highest BCUT2D eigenvalue weighted by atomic mass is 32.2. The average Bonchev–Trinajstić information content (AvgIpc) is 2.80. The van der Waals surface area contributed by atoms with Gasteiger partial charge in [-0.2, -0.15) is 11.8 Å². The number of unbranched alkanes of at least 4 members (excludes halogenated alkanes) is 1. The Hall–Kier alpha value is -0.870. The maximum Gasteiger partial charge on any atom is 0.123 e. The van der Waals surface area contributed by atoms with E-state index in [1.54, 1.807) is 7.11 Å². The van der Waals surface area contributed by atoms with Crippen molar-refractivity contribution in [2.75, 3.05) is 25.7 Å². The summed E-state index contributed by atoms with van der Waals surface area (Å²) in [5.41, 5.74) is 2.45. The number of hydrogen-bond acceptors (Lipinski definition) is 4. The van der Waals surface area contributed by atoms with Crippen LogP contribution in [0.15, 0.2) is 12.1 Å². The van der Waals surface area contributed by atoms with E-state index >= 15 is 0 Å². The fraction of sp³-hybridized carbons (Fsp3) is 0.625. The number of ether oxygens (including phenoxy) is 2. The largest absolute Gasteiger partial charge is 0.496 e. The number of nitrogens with one attached hydrogen (secondary N) is 1. The van der Waals surface area contributed by atoms with Gasteiger partial charge in [-0.05, 0) is 50.5 Å². The monoisotopic (exact) mass is 295 g/mol. The zero-order valence-electron chi connectivity index (χ0n) is 12.7. The number of hydrogen-bond donors (Lipinski definition) is 1. The molecule has 1 heterocycles. The molecular formula is C16H25NO2S. The number of fused-ring (bicyclic) bond motifs is 1. The van der Waals surface area contributed by atoms with Crippen LogP contribution in [-0.2, 0) is 13.0 Å². The second-order valence-corrected chi connectivity index (χ2v) is 6.27. The van der Waals surface area contributed by atoms with Gasteiger partial charge >= 0.3 is 0 Å². The standard InChI is InChI=1S/C16H25NO2S/c1-12-8-13-9-15(18-2)14(10-16(13)19-12)11-17-6-4-5-7-20-3/h9-10,12,17H,4-8,11H2,1-3H3. The molecule has 1 atom stereocenters. The molecule has 0 bridgehead atoms. The first-order valence-corrected chi connectivity index (χ1v) is 8.70. The van der Waals surface area contributed by atoms with Crippen LogP contribution in [0.4, 0.5) is 0 Å². The van der Waals surface area contributed by atoms with Crippen LogP contribution >= 0.6 is 11.8 Å². The minimum Gasteiger partial charge on any atom is -0.496 e. The zero-order valence-corrected chi connectivity index (χ0v) is 13.5. The second-order valence-electron chi connectivity index (χ2n) is 5.28. The van der Waals surface area contributed by atoms with Crippen LogP contribution in [0.2, 0.25) is 0 Å². The van der Waals surface area contributed by atoms with Gasteiger partial charge in [-0.1, -0.05) is 0 Å². The smallest absolute Gasteiger partial charge is 0.123 e. The second kappa shape index (κ2) is 7.79. The van der Waals surface area contributed by atoms with Gasteiger partial charge in [-0.25, -0.2) is 0 Å². The molecule has 0 amide bonds. The topological polar surface area (TPSA) is 30.5 Å². The molecule has 1 N–H and O–H groups in total. The molecule has 20 heavy (non-hydrogen) atoms. The molecule has 0 saturated heterocycles. The van der Waals surface area contributed by atoms with E-state index in [0.29, 0.717) is 0 Å². The van der Waals surface area contributed by atoms with Crippen molar-refractivity contribution in [3.8, 4) is 11.5 Å². The van der Waals surface area contributed by atoms with Gasteiger partial charge in [0.05, 0.1) is 7.11 Å². The molecule has 0 aliphatic carbocycles. The predicted octanol–water partition coefficient (Wildman–Crippen LogP) is 3.25. The van der Waals surface area contributed by atoms with Crippen LogP contribution in [-0.4, -0.2) is 31.8 Å². The van der Waals surface area contributed by atoms with Crippen LogP contribution in [0.25, 0.3) is 0 Å². The van der Waals surface area contributed by atoms with E-state index < -0.39 is 0 Å². The highest BCUT2D eigenvalue weighted by Crippen LogP contribution is 2.34. The van der Waals surface area contributed by atoms with Crippen molar-refractivity contribution in [1.29, 1.82) is 0 Å². The van der Waals surface area contributed by atoms with Crippen LogP contribution in [0.3, 0.4) is 0 Å². The molecule has 4 heteroatoms. The molecule has 0 spiro atoms. The summed E-state index contributed by atoms with van der Waals surface area (Å²) >= 11 is 1.91. The van der Waals surface area contributed by atoms with Crippen LogP contribution < -0.4 is 14.8 Å². The fourth-order valence-corrected chi connectivity index (χ4v) is 3.02. The van der Waals surface area contributed by atoms with Gasteiger partial charge in [0.25, 0.3) is 0 Å². The van der Waals surface area contributed by atoms with E-state index in [9.17, 15) is 0 Å².